The number of nitrogens with zero attached hydrogens (tertiary/aromatic N) is 2. The summed E-state index contributed by atoms with van der Waals surface area (Å²) >= 11 is 1.88. The van der Waals surface area contributed by atoms with Crippen molar-refractivity contribution in [1.29, 1.82) is 0 Å². The largest absolute Gasteiger partial charge is 0.399 e. The van der Waals surface area contributed by atoms with Gasteiger partial charge in [0.15, 0.2) is 0 Å². The number of benzene rings is 1. The number of nitrogen functional groups attached to an aromatic ring is 1. The van der Waals surface area contributed by atoms with Gasteiger partial charge in [-0.15, -0.1) is 11.3 Å². The van der Waals surface area contributed by atoms with Gasteiger partial charge >= 0.3 is 0 Å². The van der Waals surface area contributed by atoms with Gasteiger partial charge in [0.05, 0.1) is 10.7 Å². The second kappa shape index (κ2) is 6.16. The molecule has 2 N–H and O–H groups in total. The first-order chi connectivity index (χ1) is 10.1. The van der Waals surface area contributed by atoms with Crippen molar-refractivity contribution in [2.24, 2.45) is 5.92 Å². The highest BCUT2D eigenvalue weighted by atomic mass is 32.1. The lowest BCUT2D eigenvalue weighted by Gasteiger charge is -2.27. The highest BCUT2D eigenvalue weighted by Crippen LogP contribution is 2.27. The van der Waals surface area contributed by atoms with Crippen LogP contribution in [0.1, 0.15) is 35.0 Å². The molecule has 0 spiro atoms. The molecule has 0 aliphatic carbocycles. The van der Waals surface area contributed by atoms with Gasteiger partial charge in [-0.25, -0.2) is 4.98 Å². The lowest BCUT2D eigenvalue weighted by molar-refractivity contribution is 0.228. The lowest BCUT2D eigenvalue weighted by Crippen LogP contribution is -2.32. The first-order valence-electron chi connectivity index (χ1n) is 7.64. The molecule has 2 aromatic rings. The number of thiazole rings is 1. The van der Waals surface area contributed by atoms with Crippen LogP contribution in [0.5, 0.6) is 0 Å². The van der Waals surface area contributed by atoms with E-state index >= 15 is 0 Å². The Hall–Kier alpha value is -1.39. The zero-order chi connectivity index (χ0) is 14.8. The third-order valence-electron chi connectivity index (χ3n) is 3.81. The number of hydrogen-bond donors (Lipinski definition) is 1. The Morgan fingerprint density at radius 1 is 1.29 bits per heavy atom. The highest BCUT2D eigenvalue weighted by Gasteiger charge is 2.21. The van der Waals surface area contributed by atoms with E-state index in [1.54, 1.807) is 0 Å². The van der Waals surface area contributed by atoms with Gasteiger partial charge in [0.2, 0.25) is 0 Å². The standard InChI is InChI=1S/C17H23N3S/c1-12(2)10-20-8-7-15-16(11-20)21-17(19-15)9-13-3-5-14(18)6-4-13/h3-6,12H,7-11,18H2,1-2H3. The number of fused-ring (bicyclic) bond motifs is 1. The third-order valence-corrected chi connectivity index (χ3v) is 4.90. The predicted molar refractivity (Wildman–Crippen MR) is 89.6 cm³/mol. The van der Waals surface area contributed by atoms with Crippen LogP contribution in [0.2, 0.25) is 0 Å². The Balaban J connectivity index is 1.70. The first kappa shape index (κ1) is 14.5. The summed E-state index contributed by atoms with van der Waals surface area (Å²) < 4.78 is 0. The molecule has 21 heavy (non-hydrogen) atoms. The fourth-order valence-corrected chi connectivity index (χ4v) is 4.05. The van der Waals surface area contributed by atoms with Crippen LogP contribution in [-0.4, -0.2) is 23.0 Å². The average Bonchev–Trinajstić information content (AvgIpc) is 2.82. The average molecular weight is 301 g/mol. The minimum Gasteiger partial charge on any atom is -0.399 e. The molecule has 0 fully saturated rings. The van der Waals surface area contributed by atoms with E-state index in [1.165, 1.54) is 27.7 Å². The Kier molecular flexibility index (Phi) is 4.27. The van der Waals surface area contributed by atoms with E-state index in [2.05, 4.69) is 30.9 Å². The van der Waals surface area contributed by atoms with Crippen molar-refractivity contribution in [2.75, 3.05) is 18.8 Å². The van der Waals surface area contributed by atoms with Gasteiger partial charge < -0.3 is 5.73 Å². The van der Waals surface area contributed by atoms with Crippen molar-refractivity contribution in [3.63, 3.8) is 0 Å². The molecule has 112 valence electrons. The Bertz CT molecular complexity index is 601. The summed E-state index contributed by atoms with van der Waals surface area (Å²) in [6.07, 6.45) is 2.02. The minimum atomic E-state index is 0.730. The smallest absolute Gasteiger partial charge is 0.0975 e. The molecular weight excluding hydrogens is 278 g/mol. The topological polar surface area (TPSA) is 42.2 Å². The Morgan fingerprint density at radius 3 is 2.76 bits per heavy atom. The summed E-state index contributed by atoms with van der Waals surface area (Å²) in [6, 6.07) is 8.13. The lowest BCUT2D eigenvalue weighted by atomic mass is 10.1. The molecule has 0 atom stereocenters. The fourth-order valence-electron chi connectivity index (χ4n) is 2.86. The van der Waals surface area contributed by atoms with Crippen LogP contribution in [0, 0.1) is 5.92 Å². The monoisotopic (exact) mass is 301 g/mol. The van der Waals surface area contributed by atoms with E-state index in [0.717, 1.165) is 37.5 Å². The zero-order valence-corrected chi connectivity index (χ0v) is 13.6. The molecule has 1 aliphatic heterocycles. The van der Waals surface area contributed by atoms with Crippen LogP contribution in [-0.2, 0) is 19.4 Å². The molecule has 4 heteroatoms. The molecule has 0 bridgehead atoms. The predicted octanol–water partition coefficient (Wildman–Crippen LogP) is 3.33. The fraction of sp³-hybridized carbons (Fsp3) is 0.471. The van der Waals surface area contributed by atoms with Crippen molar-refractivity contribution in [2.45, 2.75) is 33.2 Å². The molecule has 3 nitrogen and oxygen atoms in total. The molecular formula is C17H23N3S. The number of rotatable bonds is 4. The maximum absolute atomic E-state index is 5.74. The van der Waals surface area contributed by atoms with Crippen LogP contribution in [0.4, 0.5) is 5.69 Å². The van der Waals surface area contributed by atoms with Crippen LogP contribution < -0.4 is 5.73 Å². The van der Waals surface area contributed by atoms with E-state index in [1.807, 2.05) is 23.5 Å². The third kappa shape index (κ3) is 3.63. The number of hydrogen-bond acceptors (Lipinski definition) is 4. The molecule has 0 amide bonds. The minimum absolute atomic E-state index is 0.730. The van der Waals surface area contributed by atoms with E-state index < -0.39 is 0 Å². The summed E-state index contributed by atoms with van der Waals surface area (Å²) in [5.41, 5.74) is 9.17. The molecule has 2 heterocycles. The summed E-state index contributed by atoms with van der Waals surface area (Å²) in [6.45, 7) is 7.98. The van der Waals surface area contributed by atoms with Crippen LogP contribution in [0.3, 0.4) is 0 Å². The van der Waals surface area contributed by atoms with E-state index in [4.69, 9.17) is 10.7 Å². The first-order valence-corrected chi connectivity index (χ1v) is 8.46. The van der Waals surface area contributed by atoms with Crippen LogP contribution >= 0.6 is 11.3 Å². The molecule has 0 unspecified atom stereocenters. The van der Waals surface area contributed by atoms with Crippen LogP contribution in [0.15, 0.2) is 24.3 Å². The molecule has 3 rings (SSSR count). The Labute approximate surface area is 130 Å². The molecule has 1 aromatic heterocycles. The quantitative estimate of drug-likeness (QED) is 0.881. The van der Waals surface area contributed by atoms with Crippen molar-refractivity contribution in [1.82, 2.24) is 9.88 Å². The number of nitrogens with two attached hydrogens (primary N) is 1. The van der Waals surface area contributed by atoms with Gasteiger partial charge in [0.1, 0.15) is 0 Å². The number of anilines is 1. The van der Waals surface area contributed by atoms with Crippen molar-refractivity contribution in [3.05, 3.63) is 45.4 Å². The van der Waals surface area contributed by atoms with Gasteiger partial charge in [0, 0.05) is 43.0 Å². The van der Waals surface area contributed by atoms with Gasteiger partial charge in [-0.1, -0.05) is 26.0 Å². The summed E-state index contributed by atoms with van der Waals surface area (Å²) in [5.74, 6) is 0.730. The van der Waals surface area contributed by atoms with E-state index in [-0.39, 0.29) is 0 Å². The summed E-state index contributed by atoms with van der Waals surface area (Å²) in [7, 11) is 0. The second-order valence-corrected chi connectivity index (χ2v) is 7.44. The van der Waals surface area contributed by atoms with Crippen molar-refractivity contribution < 1.29 is 0 Å². The molecule has 0 saturated carbocycles. The maximum atomic E-state index is 5.74. The van der Waals surface area contributed by atoms with Gasteiger partial charge in [-0.2, -0.15) is 0 Å². The second-order valence-electron chi connectivity index (χ2n) is 6.27. The maximum Gasteiger partial charge on any atom is 0.0975 e. The van der Waals surface area contributed by atoms with E-state index in [0.29, 0.717) is 0 Å². The van der Waals surface area contributed by atoms with Crippen LogP contribution in [0.25, 0.3) is 0 Å². The Morgan fingerprint density at radius 2 is 2.05 bits per heavy atom. The van der Waals surface area contributed by atoms with Gasteiger partial charge in [-0.05, 0) is 23.6 Å². The number of aromatic nitrogens is 1. The normalized spacial score (nSPS) is 15.4. The molecule has 1 aromatic carbocycles. The molecule has 0 saturated heterocycles. The van der Waals surface area contributed by atoms with Crippen molar-refractivity contribution >= 4 is 17.0 Å². The highest BCUT2D eigenvalue weighted by molar-refractivity contribution is 7.11. The summed E-state index contributed by atoms with van der Waals surface area (Å²) in [5, 5.41) is 1.23. The zero-order valence-electron chi connectivity index (χ0n) is 12.8. The van der Waals surface area contributed by atoms with Crippen molar-refractivity contribution in [3.8, 4) is 0 Å². The SMILES string of the molecule is CC(C)CN1CCc2nc(Cc3ccc(N)cc3)sc2C1. The molecule has 1 aliphatic rings. The van der Waals surface area contributed by atoms with Gasteiger partial charge in [0.25, 0.3) is 0 Å². The summed E-state index contributed by atoms with van der Waals surface area (Å²) in [4.78, 5) is 8.86. The van der Waals surface area contributed by atoms with Gasteiger partial charge in [-0.3, -0.25) is 4.90 Å². The van der Waals surface area contributed by atoms with E-state index in [9.17, 15) is 0 Å². The molecule has 0 radical (unpaired) electrons.